The van der Waals surface area contributed by atoms with Crippen molar-refractivity contribution < 1.29 is 32.2 Å². The van der Waals surface area contributed by atoms with E-state index in [0.717, 1.165) is 19.3 Å². The van der Waals surface area contributed by atoms with Crippen molar-refractivity contribution in [1.29, 1.82) is 0 Å². The maximum absolute atomic E-state index is 13.0. The molecule has 10 heteroatoms. The van der Waals surface area contributed by atoms with E-state index in [-0.39, 0.29) is 17.1 Å². The van der Waals surface area contributed by atoms with Crippen molar-refractivity contribution in [2.45, 2.75) is 64.1 Å². The van der Waals surface area contributed by atoms with Gasteiger partial charge in [-0.05, 0) is 45.4 Å². The first-order valence-electron chi connectivity index (χ1n) is 11.1. The van der Waals surface area contributed by atoms with E-state index in [0.29, 0.717) is 29.2 Å². The summed E-state index contributed by atoms with van der Waals surface area (Å²) in [7, 11) is 0.592. The fourth-order valence-corrected chi connectivity index (χ4v) is 4.43. The number of methoxy groups -OCH3 is 3. The minimum Gasteiger partial charge on any atom is -0.493 e. The molecule has 1 heterocycles. The number of nitrogens with zero attached hydrogens (tertiary/aromatic N) is 2. The van der Waals surface area contributed by atoms with Gasteiger partial charge in [-0.1, -0.05) is 26.2 Å². The summed E-state index contributed by atoms with van der Waals surface area (Å²) in [4.78, 5) is 21.2. The van der Waals surface area contributed by atoms with Crippen LogP contribution in [0.25, 0.3) is 11.3 Å². The first kappa shape index (κ1) is 27.4. The van der Waals surface area contributed by atoms with E-state index >= 15 is 0 Å². The van der Waals surface area contributed by atoms with Crippen molar-refractivity contribution >= 4 is 15.8 Å². The van der Waals surface area contributed by atoms with Crippen LogP contribution >= 0.6 is 0 Å². The molecule has 34 heavy (non-hydrogen) atoms. The monoisotopic (exact) mass is 494 g/mol. The fourth-order valence-electron chi connectivity index (χ4n) is 3.19. The van der Waals surface area contributed by atoms with Crippen molar-refractivity contribution in [3.63, 3.8) is 0 Å². The molecule has 0 radical (unpaired) electrons. The highest BCUT2D eigenvalue weighted by molar-refractivity contribution is 7.91. The van der Waals surface area contributed by atoms with Crippen molar-refractivity contribution in [2.24, 2.45) is 0 Å². The molecule has 0 unspecified atom stereocenters. The van der Waals surface area contributed by atoms with Crippen LogP contribution in [0.15, 0.2) is 23.4 Å². The third-order valence-corrected chi connectivity index (χ3v) is 6.38. The van der Waals surface area contributed by atoms with Crippen LogP contribution in [0.2, 0.25) is 0 Å². The molecule has 9 nitrogen and oxygen atoms in total. The van der Waals surface area contributed by atoms with E-state index in [1.807, 2.05) is 6.92 Å². The predicted molar refractivity (Wildman–Crippen MR) is 128 cm³/mol. The highest BCUT2D eigenvalue weighted by Gasteiger charge is 2.26. The summed E-state index contributed by atoms with van der Waals surface area (Å²) in [5.74, 6) is 0.237. The summed E-state index contributed by atoms with van der Waals surface area (Å²) in [6.45, 7) is 7.21. The molecular formula is C24H34N2O7S. The Morgan fingerprint density at radius 3 is 2.03 bits per heavy atom. The van der Waals surface area contributed by atoms with Gasteiger partial charge >= 0.3 is 5.97 Å². The zero-order valence-electron chi connectivity index (χ0n) is 20.9. The Morgan fingerprint density at radius 1 is 0.912 bits per heavy atom. The van der Waals surface area contributed by atoms with Crippen molar-refractivity contribution in [3.05, 3.63) is 23.9 Å². The number of esters is 1. The summed E-state index contributed by atoms with van der Waals surface area (Å²) in [6, 6.07) is 4.64. The van der Waals surface area contributed by atoms with Gasteiger partial charge < -0.3 is 18.9 Å². The zero-order valence-corrected chi connectivity index (χ0v) is 21.7. The van der Waals surface area contributed by atoms with Gasteiger partial charge in [-0.2, -0.15) is 0 Å². The van der Waals surface area contributed by atoms with Crippen molar-refractivity contribution in [1.82, 2.24) is 9.97 Å². The van der Waals surface area contributed by atoms with Gasteiger partial charge in [0, 0.05) is 5.56 Å². The molecule has 188 valence electrons. The van der Waals surface area contributed by atoms with Crippen LogP contribution in [0.3, 0.4) is 0 Å². The molecule has 0 bridgehead atoms. The SMILES string of the molecule is CCCCCCS(=O)(=O)c1nc(C(=O)OC(C)(C)C)cc(-c2cc(OC)c(OC)c(OC)c2)n1. The Labute approximate surface area is 201 Å². The number of rotatable bonds is 11. The molecular weight excluding hydrogens is 460 g/mol. The van der Waals surface area contributed by atoms with Crippen molar-refractivity contribution in [3.8, 4) is 28.5 Å². The Morgan fingerprint density at radius 2 is 1.53 bits per heavy atom. The van der Waals surface area contributed by atoms with Gasteiger partial charge in [0.05, 0.1) is 32.8 Å². The summed E-state index contributed by atoms with van der Waals surface area (Å²) in [5, 5.41) is -0.420. The molecule has 0 saturated heterocycles. The Bertz CT molecular complexity index is 1080. The molecule has 0 spiro atoms. The van der Waals surface area contributed by atoms with Crippen LogP contribution in [0.5, 0.6) is 17.2 Å². The smallest absolute Gasteiger partial charge is 0.357 e. The van der Waals surface area contributed by atoms with E-state index in [1.165, 1.54) is 27.4 Å². The van der Waals surface area contributed by atoms with E-state index in [4.69, 9.17) is 18.9 Å². The molecule has 1 aromatic carbocycles. The second-order valence-corrected chi connectivity index (χ2v) is 10.7. The van der Waals surface area contributed by atoms with E-state index in [2.05, 4.69) is 9.97 Å². The largest absolute Gasteiger partial charge is 0.493 e. The van der Waals surface area contributed by atoms with Crippen LogP contribution in [0.1, 0.15) is 63.9 Å². The molecule has 0 fully saturated rings. The lowest BCUT2D eigenvalue weighted by atomic mass is 10.1. The van der Waals surface area contributed by atoms with Crippen molar-refractivity contribution in [2.75, 3.05) is 27.1 Å². The van der Waals surface area contributed by atoms with E-state index < -0.39 is 26.6 Å². The standard InChI is InChI=1S/C24H34N2O7S/c1-8-9-10-11-12-34(28,29)23-25-17(15-18(26-23)22(27)33-24(2,3)4)16-13-19(30-5)21(32-7)20(14-16)31-6/h13-15H,8-12H2,1-7H3. The number of carbonyl (C=O) groups is 1. The molecule has 0 aliphatic carbocycles. The lowest BCUT2D eigenvalue weighted by Gasteiger charge is -2.19. The predicted octanol–water partition coefficient (Wildman–Crippen LogP) is 4.48. The third-order valence-electron chi connectivity index (χ3n) is 4.82. The molecule has 0 saturated carbocycles. The second kappa shape index (κ2) is 11.5. The lowest BCUT2D eigenvalue weighted by Crippen LogP contribution is -2.25. The summed E-state index contributed by atoms with van der Waals surface area (Å²) in [6.07, 6.45) is 3.18. The normalized spacial score (nSPS) is 11.7. The highest BCUT2D eigenvalue weighted by Crippen LogP contribution is 2.41. The van der Waals surface area contributed by atoms with Gasteiger partial charge in [-0.15, -0.1) is 0 Å². The molecule has 2 aromatic rings. The quantitative estimate of drug-likeness (QED) is 0.253. The Kier molecular flexibility index (Phi) is 9.26. The number of ether oxygens (including phenoxy) is 4. The molecule has 1 aromatic heterocycles. The lowest BCUT2D eigenvalue weighted by molar-refractivity contribution is 0.00617. The number of sulfone groups is 1. The first-order chi connectivity index (χ1) is 16.0. The number of carbonyl (C=O) groups excluding carboxylic acids is 1. The molecule has 0 N–H and O–H groups in total. The van der Waals surface area contributed by atoms with Crippen LogP contribution in [0, 0.1) is 0 Å². The van der Waals surface area contributed by atoms with Gasteiger partial charge in [0.1, 0.15) is 5.60 Å². The number of hydrogen-bond donors (Lipinski definition) is 0. The average molecular weight is 495 g/mol. The summed E-state index contributed by atoms with van der Waals surface area (Å²) < 4.78 is 47.7. The minimum atomic E-state index is -3.83. The zero-order chi connectivity index (χ0) is 25.5. The third kappa shape index (κ3) is 7.06. The van der Waals surface area contributed by atoms with Crippen LogP contribution in [0.4, 0.5) is 0 Å². The maximum Gasteiger partial charge on any atom is 0.357 e. The maximum atomic E-state index is 13.0. The van der Waals surface area contributed by atoms with Gasteiger partial charge in [-0.25, -0.2) is 23.2 Å². The van der Waals surface area contributed by atoms with Gasteiger partial charge in [0.2, 0.25) is 20.7 Å². The van der Waals surface area contributed by atoms with Crippen LogP contribution in [-0.4, -0.2) is 57.0 Å². The molecule has 0 atom stereocenters. The van der Waals surface area contributed by atoms with Crippen LogP contribution in [-0.2, 0) is 14.6 Å². The average Bonchev–Trinajstić information content (AvgIpc) is 2.79. The summed E-state index contributed by atoms with van der Waals surface area (Å²) >= 11 is 0. The van der Waals surface area contributed by atoms with Gasteiger partial charge in [0.25, 0.3) is 0 Å². The number of unbranched alkanes of at least 4 members (excludes halogenated alkanes) is 3. The number of aromatic nitrogens is 2. The highest BCUT2D eigenvalue weighted by atomic mass is 32.2. The second-order valence-electron chi connectivity index (χ2n) is 8.72. The molecule has 0 aliphatic heterocycles. The summed E-state index contributed by atoms with van der Waals surface area (Å²) in [5.41, 5.74) is -0.263. The van der Waals surface area contributed by atoms with Gasteiger partial charge in [0.15, 0.2) is 17.2 Å². The van der Waals surface area contributed by atoms with Gasteiger partial charge in [-0.3, -0.25) is 0 Å². The Balaban J connectivity index is 2.65. The number of hydrogen-bond acceptors (Lipinski definition) is 9. The number of benzene rings is 1. The van der Waals surface area contributed by atoms with E-state index in [1.54, 1.807) is 32.9 Å². The molecule has 2 rings (SSSR count). The topological polar surface area (TPSA) is 114 Å². The first-order valence-corrected chi connectivity index (χ1v) is 12.8. The van der Waals surface area contributed by atoms with Crippen LogP contribution < -0.4 is 14.2 Å². The molecule has 0 amide bonds. The Hall–Kier alpha value is -2.88. The van der Waals surface area contributed by atoms with E-state index in [9.17, 15) is 13.2 Å². The molecule has 0 aliphatic rings. The minimum absolute atomic E-state index is 0.112. The fraction of sp³-hybridized carbons (Fsp3) is 0.542.